The molecular weight excluding hydrogens is 272 g/mol. The highest BCUT2D eigenvalue weighted by molar-refractivity contribution is 7.98. The number of rotatable bonds is 4. The standard InChI is InChI=1S/C14H20N4OS/c1-20-14-15-7-4-12(17-14)18-8-5-11(6-9-18)16-13(19)10-2-3-10/h4,7,10-11H,2-3,5-6,8-9H2,1H3,(H,16,19). The van der Waals surface area contributed by atoms with Gasteiger partial charge in [-0.1, -0.05) is 11.8 Å². The lowest BCUT2D eigenvalue weighted by molar-refractivity contribution is -0.123. The maximum absolute atomic E-state index is 11.8. The second kappa shape index (κ2) is 5.99. The molecule has 108 valence electrons. The van der Waals surface area contributed by atoms with E-state index in [1.165, 1.54) is 0 Å². The van der Waals surface area contributed by atoms with E-state index < -0.39 is 0 Å². The molecule has 1 saturated heterocycles. The van der Waals surface area contributed by atoms with Crippen molar-refractivity contribution in [1.82, 2.24) is 15.3 Å². The van der Waals surface area contributed by atoms with Crippen LogP contribution in [0, 0.1) is 5.92 Å². The van der Waals surface area contributed by atoms with Crippen molar-refractivity contribution in [2.24, 2.45) is 5.92 Å². The lowest BCUT2D eigenvalue weighted by Crippen LogP contribution is -2.45. The van der Waals surface area contributed by atoms with Crippen LogP contribution in [0.15, 0.2) is 17.4 Å². The van der Waals surface area contributed by atoms with Crippen LogP contribution in [0.2, 0.25) is 0 Å². The Balaban J connectivity index is 1.53. The van der Waals surface area contributed by atoms with E-state index in [-0.39, 0.29) is 5.91 Å². The van der Waals surface area contributed by atoms with Gasteiger partial charge in [0, 0.05) is 31.2 Å². The Morgan fingerprint density at radius 1 is 1.35 bits per heavy atom. The summed E-state index contributed by atoms with van der Waals surface area (Å²) < 4.78 is 0. The van der Waals surface area contributed by atoms with Gasteiger partial charge in [-0.25, -0.2) is 9.97 Å². The lowest BCUT2D eigenvalue weighted by atomic mass is 10.0. The Bertz CT molecular complexity index is 484. The second-order valence-corrected chi connectivity index (χ2v) is 6.22. The number of aromatic nitrogens is 2. The predicted octanol–water partition coefficient (Wildman–Crippen LogP) is 1.69. The average Bonchev–Trinajstić information content (AvgIpc) is 3.33. The zero-order chi connectivity index (χ0) is 13.9. The molecule has 0 radical (unpaired) electrons. The van der Waals surface area contributed by atoms with Crippen LogP contribution in [0.4, 0.5) is 5.82 Å². The molecule has 6 heteroatoms. The summed E-state index contributed by atoms with van der Waals surface area (Å²) in [5.41, 5.74) is 0. The molecular formula is C14H20N4OS. The monoisotopic (exact) mass is 292 g/mol. The molecule has 1 aromatic rings. The van der Waals surface area contributed by atoms with E-state index in [9.17, 15) is 4.79 Å². The molecule has 0 aromatic carbocycles. The number of nitrogens with one attached hydrogen (secondary N) is 1. The zero-order valence-corrected chi connectivity index (χ0v) is 12.5. The summed E-state index contributed by atoms with van der Waals surface area (Å²) in [6.07, 6.45) is 7.94. The fourth-order valence-electron chi connectivity index (χ4n) is 2.52. The first-order valence-electron chi connectivity index (χ1n) is 7.18. The van der Waals surface area contributed by atoms with E-state index in [0.717, 1.165) is 49.7 Å². The summed E-state index contributed by atoms with van der Waals surface area (Å²) in [7, 11) is 0. The van der Waals surface area contributed by atoms with E-state index >= 15 is 0 Å². The molecule has 1 aromatic heterocycles. The van der Waals surface area contributed by atoms with Gasteiger partial charge in [0.1, 0.15) is 5.82 Å². The Kier molecular flexibility index (Phi) is 4.10. The highest BCUT2D eigenvalue weighted by Gasteiger charge is 2.31. The van der Waals surface area contributed by atoms with Crippen LogP contribution in [0.1, 0.15) is 25.7 Å². The van der Waals surface area contributed by atoms with Crippen LogP contribution < -0.4 is 10.2 Å². The number of anilines is 1. The molecule has 2 aliphatic rings. The number of hydrogen-bond acceptors (Lipinski definition) is 5. The third-order valence-corrected chi connectivity index (χ3v) is 4.48. The molecule has 1 N–H and O–H groups in total. The third kappa shape index (κ3) is 3.23. The van der Waals surface area contributed by atoms with E-state index in [0.29, 0.717) is 12.0 Å². The van der Waals surface area contributed by atoms with Crippen molar-refractivity contribution in [3.8, 4) is 0 Å². The minimum Gasteiger partial charge on any atom is -0.356 e. The smallest absolute Gasteiger partial charge is 0.223 e. The van der Waals surface area contributed by atoms with Crippen LogP contribution >= 0.6 is 11.8 Å². The number of amides is 1. The van der Waals surface area contributed by atoms with Crippen LogP contribution in [-0.2, 0) is 4.79 Å². The maximum Gasteiger partial charge on any atom is 0.223 e. The largest absolute Gasteiger partial charge is 0.356 e. The third-order valence-electron chi connectivity index (χ3n) is 3.91. The number of carbonyl (C=O) groups excluding carboxylic acids is 1. The summed E-state index contributed by atoms with van der Waals surface area (Å²) in [5.74, 6) is 1.56. The van der Waals surface area contributed by atoms with E-state index in [1.807, 2.05) is 18.5 Å². The lowest BCUT2D eigenvalue weighted by Gasteiger charge is -2.33. The molecule has 0 bridgehead atoms. The van der Waals surface area contributed by atoms with Gasteiger partial charge in [-0.05, 0) is 38.0 Å². The van der Waals surface area contributed by atoms with Gasteiger partial charge in [-0.3, -0.25) is 4.79 Å². The fourth-order valence-corrected chi connectivity index (χ4v) is 2.87. The van der Waals surface area contributed by atoms with Crippen molar-refractivity contribution in [1.29, 1.82) is 0 Å². The molecule has 0 atom stereocenters. The molecule has 1 aliphatic heterocycles. The van der Waals surface area contributed by atoms with Gasteiger partial charge in [-0.2, -0.15) is 0 Å². The molecule has 0 unspecified atom stereocenters. The first kappa shape index (κ1) is 13.7. The quantitative estimate of drug-likeness (QED) is 0.676. The number of nitrogens with zero attached hydrogens (tertiary/aromatic N) is 3. The minimum atomic E-state index is 0.259. The number of hydrogen-bond donors (Lipinski definition) is 1. The Morgan fingerprint density at radius 2 is 2.10 bits per heavy atom. The van der Waals surface area contributed by atoms with Gasteiger partial charge < -0.3 is 10.2 Å². The van der Waals surface area contributed by atoms with Crippen LogP contribution in [0.5, 0.6) is 0 Å². The summed E-state index contributed by atoms with van der Waals surface area (Å²) in [4.78, 5) is 22.8. The van der Waals surface area contributed by atoms with E-state index in [4.69, 9.17) is 0 Å². The van der Waals surface area contributed by atoms with Gasteiger partial charge in [0.2, 0.25) is 5.91 Å². The average molecular weight is 292 g/mol. The van der Waals surface area contributed by atoms with Gasteiger partial charge in [0.25, 0.3) is 0 Å². The first-order chi connectivity index (χ1) is 9.76. The second-order valence-electron chi connectivity index (χ2n) is 5.45. The topological polar surface area (TPSA) is 58.1 Å². The Labute approximate surface area is 123 Å². The molecule has 2 heterocycles. The molecule has 3 rings (SSSR count). The van der Waals surface area contributed by atoms with Gasteiger partial charge in [0.15, 0.2) is 5.16 Å². The van der Waals surface area contributed by atoms with E-state index in [1.54, 1.807) is 11.8 Å². The van der Waals surface area contributed by atoms with Gasteiger partial charge in [0.05, 0.1) is 0 Å². The molecule has 20 heavy (non-hydrogen) atoms. The summed E-state index contributed by atoms with van der Waals surface area (Å²) in [6.45, 7) is 1.89. The number of thioether (sulfide) groups is 1. The van der Waals surface area contributed by atoms with Crippen LogP contribution in [0.25, 0.3) is 0 Å². The van der Waals surface area contributed by atoms with Crippen molar-refractivity contribution >= 4 is 23.5 Å². The van der Waals surface area contributed by atoms with E-state index in [2.05, 4.69) is 20.2 Å². The SMILES string of the molecule is CSc1nccc(N2CCC(NC(=O)C3CC3)CC2)n1. The molecule has 0 spiro atoms. The number of piperidine rings is 1. The molecule has 1 saturated carbocycles. The summed E-state index contributed by atoms with van der Waals surface area (Å²) in [5, 5.41) is 3.98. The predicted molar refractivity (Wildman–Crippen MR) is 79.9 cm³/mol. The maximum atomic E-state index is 11.8. The fraction of sp³-hybridized carbons (Fsp3) is 0.643. The molecule has 1 aliphatic carbocycles. The highest BCUT2D eigenvalue weighted by Crippen LogP contribution is 2.29. The molecule has 1 amide bonds. The van der Waals surface area contributed by atoms with Crippen molar-refractivity contribution < 1.29 is 4.79 Å². The minimum absolute atomic E-state index is 0.259. The first-order valence-corrected chi connectivity index (χ1v) is 8.41. The van der Waals surface area contributed by atoms with Crippen LogP contribution in [0.3, 0.4) is 0 Å². The van der Waals surface area contributed by atoms with Gasteiger partial charge >= 0.3 is 0 Å². The van der Waals surface area contributed by atoms with Crippen molar-refractivity contribution in [2.45, 2.75) is 36.9 Å². The zero-order valence-electron chi connectivity index (χ0n) is 11.7. The Morgan fingerprint density at radius 3 is 2.75 bits per heavy atom. The van der Waals surface area contributed by atoms with Crippen molar-refractivity contribution in [3.63, 3.8) is 0 Å². The summed E-state index contributed by atoms with van der Waals surface area (Å²) in [6, 6.07) is 2.30. The normalized spacial score (nSPS) is 19.9. The van der Waals surface area contributed by atoms with Gasteiger partial charge in [-0.15, -0.1) is 0 Å². The Hall–Kier alpha value is -1.30. The molecule has 5 nitrogen and oxygen atoms in total. The summed E-state index contributed by atoms with van der Waals surface area (Å²) >= 11 is 1.56. The number of carbonyl (C=O) groups is 1. The van der Waals surface area contributed by atoms with Crippen LogP contribution in [-0.4, -0.2) is 41.3 Å². The van der Waals surface area contributed by atoms with Crippen molar-refractivity contribution in [3.05, 3.63) is 12.3 Å². The highest BCUT2D eigenvalue weighted by atomic mass is 32.2. The molecule has 2 fully saturated rings. The van der Waals surface area contributed by atoms with Crippen molar-refractivity contribution in [2.75, 3.05) is 24.2 Å².